The van der Waals surface area contributed by atoms with Crippen LogP contribution in [0.4, 0.5) is 30.7 Å². The maximum Gasteiger partial charge on any atom is 0.422 e. The van der Waals surface area contributed by atoms with Gasteiger partial charge in [-0.25, -0.2) is 17.6 Å². The molecule has 9 heteroatoms. The molecule has 4 aromatic rings. The molecule has 37 heavy (non-hydrogen) atoms. The summed E-state index contributed by atoms with van der Waals surface area (Å²) in [5.41, 5.74) is 2.03. The third-order valence-electron chi connectivity index (χ3n) is 5.81. The molecule has 0 bridgehead atoms. The number of benzene rings is 4. The molecule has 0 saturated carbocycles. The molecule has 0 spiro atoms. The van der Waals surface area contributed by atoms with Gasteiger partial charge < -0.3 is 9.47 Å². The van der Waals surface area contributed by atoms with Gasteiger partial charge in [-0.2, -0.15) is 13.2 Å². The van der Waals surface area contributed by atoms with Crippen molar-refractivity contribution in [3.8, 4) is 16.9 Å². The number of halogens is 7. The van der Waals surface area contributed by atoms with Gasteiger partial charge in [-0.15, -0.1) is 0 Å². The number of alkyl halides is 3. The molecule has 194 valence electrons. The van der Waals surface area contributed by atoms with E-state index in [1.165, 1.54) is 25.3 Å². The van der Waals surface area contributed by atoms with E-state index in [0.717, 1.165) is 12.1 Å². The molecule has 0 saturated heterocycles. The number of methoxy groups -OCH3 is 1. The van der Waals surface area contributed by atoms with Crippen LogP contribution in [0.1, 0.15) is 16.7 Å². The van der Waals surface area contributed by atoms with Crippen molar-refractivity contribution in [2.24, 2.45) is 0 Å². The molecule has 4 rings (SSSR count). The summed E-state index contributed by atoms with van der Waals surface area (Å²) in [6.45, 7) is -1.55. The van der Waals surface area contributed by atoms with Gasteiger partial charge in [-0.3, -0.25) is 0 Å². The Labute approximate surface area is 208 Å². The first-order valence-corrected chi connectivity index (χ1v) is 11.2. The fourth-order valence-corrected chi connectivity index (χ4v) is 4.07. The minimum atomic E-state index is -4.74. The molecule has 0 heterocycles. The van der Waals surface area contributed by atoms with Gasteiger partial charge in [0.2, 0.25) is 0 Å². The predicted molar refractivity (Wildman–Crippen MR) is 125 cm³/mol. The second-order valence-electron chi connectivity index (χ2n) is 8.51. The zero-order chi connectivity index (χ0) is 26.7. The molecule has 0 unspecified atom stereocenters. The molecule has 0 aliphatic heterocycles. The van der Waals surface area contributed by atoms with Crippen molar-refractivity contribution in [3.05, 3.63) is 101 Å². The lowest BCUT2D eigenvalue weighted by atomic mass is 9.96. The Morgan fingerprint density at radius 2 is 1.43 bits per heavy atom. The maximum absolute atomic E-state index is 15.2. The van der Waals surface area contributed by atoms with Gasteiger partial charge in [0.1, 0.15) is 11.6 Å². The average molecular weight is 522 g/mol. The summed E-state index contributed by atoms with van der Waals surface area (Å²) in [6, 6.07) is 14.5. The van der Waals surface area contributed by atoms with Crippen molar-refractivity contribution >= 4 is 10.8 Å². The summed E-state index contributed by atoms with van der Waals surface area (Å²) in [4.78, 5) is 0. The van der Waals surface area contributed by atoms with Crippen molar-refractivity contribution in [1.29, 1.82) is 0 Å². The van der Waals surface area contributed by atoms with E-state index in [-0.39, 0.29) is 30.6 Å². The first kappa shape index (κ1) is 26.5. The Morgan fingerprint density at radius 1 is 0.730 bits per heavy atom. The Bertz CT molecular complexity index is 1410. The highest BCUT2D eigenvalue weighted by molar-refractivity contribution is 5.88. The molecule has 0 N–H and O–H groups in total. The number of aryl methyl sites for hydroxylation is 2. The second-order valence-corrected chi connectivity index (χ2v) is 8.51. The van der Waals surface area contributed by atoms with Crippen LogP contribution in [-0.2, 0) is 24.2 Å². The van der Waals surface area contributed by atoms with E-state index >= 15 is 4.39 Å². The Morgan fingerprint density at radius 3 is 2.08 bits per heavy atom. The number of fused-ring (bicyclic) bond motifs is 1. The SMILES string of the molecule is COCc1ccc(-c2ccc3c(F)c(CCc4cc(F)c(OCC(F)(F)F)c(F)c4)ccc3c2)c(F)c1. The van der Waals surface area contributed by atoms with E-state index < -0.39 is 41.8 Å². The van der Waals surface area contributed by atoms with Crippen LogP contribution in [0, 0.1) is 23.3 Å². The van der Waals surface area contributed by atoms with Gasteiger partial charge in [0.25, 0.3) is 0 Å². The Kier molecular flexibility index (Phi) is 7.73. The van der Waals surface area contributed by atoms with E-state index in [0.29, 0.717) is 27.5 Å². The van der Waals surface area contributed by atoms with E-state index in [1.807, 2.05) is 0 Å². The van der Waals surface area contributed by atoms with Gasteiger partial charge in [-0.05, 0) is 64.7 Å². The zero-order valence-corrected chi connectivity index (χ0v) is 19.6. The van der Waals surface area contributed by atoms with Crippen molar-refractivity contribution < 1.29 is 40.2 Å². The molecule has 0 aliphatic rings. The summed E-state index contributed by atoms with van der Waals surface area (Å²) < 4.78 is 104. The molecule has 0 radical (unpaired) electrons. The summed E-state index contributed by atoms with van der Waals surface area (Å²) in [7, 11) is 1.52. The highest BCUT2D eigenvalue weighted by Crippen LogP contribution is 2.31. The van der Waals surface area contributed by atoms with Crippen LogP contribution >= 0.6 is 0 Å². The first-order chi connectivity index (χ1) is 17.6. The fourth-order valence-electron chi connectivity index (χ4n) is 4.07. The molecule has 2 nitrogen and oxygen atoms in total. The number of ether oxygens (including phenoxy) is 2. The topological polar surface area (TPSA) is 18.5 Å². The van der Waals surface area contributed by atoms with Crippen LogP contribution in [0.5, 0.6) is 5.75 Å². The van der Waals surface area contributed by atoms with E-state index in [4.69, 9.17) is 4.74 Å². The summed E-state index contributed by atoms with van der Waals surface area (Å²) in [5, 5.41) is 0.841. The molecule has 0 aromatic heterocycles. The van der Waals surface area contributed by atoms with E-state index in [1.54, 1.807) is 30.3 Å². The molecule has 4 aromatic carbocycles. The van der Waals surface area contributed by atoms with Crippen LogP contribution in [0.15, 0.2) is 60.7 Å². The van der Waals surface area contributed by atoms with Crippen LogP contribution in [0.2, 0.25) is 0 Å². The van der Waals surface area contributed by atoms with Crippen molar-refractivity contribution in [1.82, 2.24) is 0 Å². The van der Waals surface area contributed by atoms with Gasteiger partial charge in [0.05, 0.1) is 6.61 Å². The highest BCUT2D eigenvalue weighted by Gasteiger charge is 2.30. The second kappa shape index (κ2) is 10.8. The molecular formula is C28H21F7O2. The largest absolute Gasteiger partial charge is 0.478 e. The third kappa shape index (κ3) is 6.22. The van der Waals surface area contributed by atoms with Crippen LogP contribution in [0.3, 0.4) is 0 Å². The summed E-state index contributed by atoms with van der Waals surface area (Å²) in [6.07, 6.45) is -4.62. The smallest absolute Gasteiger partial charge is 0.422 e. The van der Waals surface area contributed by atoms with Crippen LogP contribution in [0.25, 0.3) is 21.9 Å². The third-order valence-corrected chi connectivity index (χ3v) is 5.81. The Hall–Kier alpha value is -3.59. The molecule has 0 aliphatic carbocycles. The molecule has 0 atom stereocenters. The fraction of sp³-hybridized carbons (Fsp3) is 0.214. The maximum atomic E-state index is 15.2. The van der Waals surface area contributed by atoms with Gasteiger partial charge >= 0.3 is 6.18 Å². The van der Waals surface area contributed by atoms with E-state index in [2.05, 4.69) is 4.74 Å². The summed E-state index contributed by atoms with van der Waals surface area (Å²) >= 11 is 0. The standard InChI is InChI=1S/C28H21F7O2/c1-36-14-17-3-8-21(23(29)12-17)19-7-9-22-20(13-19)6-5-18(26(22)32)4-2-16-10-24(30)27(25(31)11-16)37-15-28(33,34)35/h3,5-13H,2,4,14-15H2,1H3. The lowest BCUT2D eigenvalue weighted by Gasteiger charge is -2.12. The van der Waals surface area contributed by atoms with E-state index in [9.17, 15) is 26.3 Å². The number of hydrogen-bond acceptors (Lipinski definition) is 2. The lowest BCUT2D eigenvalue weighted by molar-refractivity contribution is -0.154. The molecular weight excluding hydrogens is 501 g/mol. The van der Waals surface area contributed by atoms with Crippen molar-refractivity contribution in [2.75, 3.05) is 13.7 Å². The number of hydrogen-bond donors (Lipinski definition) is 0. The van der Waals surface area contributed by atoms with Gasteiger partial charge in [0, 0.05) is 18.1 Å². The molecule has 0 fully saturated rings. The van der Waals surface area contributed by atoms with Crippen LogP contribution in [-0.4, -0.2) is 19.9 Å². The average Bonchev–Trinajstić information content (AvgIpc) is 2.82. The van der Waals surface area contributed by atoms with Crippen molar-refractivity contribution in [2.45, 2.75) is 25.6 Å². The number of rotatable bonds is 8. The van der Waals surface area contributed by atoms with Crippen LogP contribution < -0.4 is 4.74 Å². The van der Waals surface area contributed by atoms with Gasteiger partial charge in [-0.1, -0.05) is 36.4 Å². The van der Waals surface area contributed by atoms with Gasteiger partial charge in [0.15, 0.2) is 24.0 Å². The predicted octanol–water partition coefficient (Wildman–Crippen LogP) is 7.94. The Balaban J connectivity index is 1.52. The monoisotopic (exact) mass is 522 g/mol. The minimum absolute atomic E-state index is 0.0347. The highest BCUT2D eigenvalue weighted by atomic mass is 19.4. The molecule has 0 amide bonds. The zero-order valence-electron chi connectivity index (χ0n) is 19.6. The quantitative estimate of drug-likeness (QED) is 0.219. The first-order valence-electron chi connectivity index (χ1n) is 11.2. The lowest BCUT2D eigenvalue weighted by Crippen LogP contribution is -2.20. The van der Waals surface area contributed by atoms with Crippen molar-refractivity contribution in [3.63, 3.8) is 0 Å². The summed E-state index contributed by atoms with van der Waals surface area (Å²) in [5.74, 6) is -4.61. The minimum Gasteiger partial charge on any atom is -0.478 e. The normalized spacial score (nSPS) is 11.8.